The molecule has 2 nitrogen and oxygen atoms in total. The molecule has 2 aromatic rings. The van der Waals surface area contributed by atoms with Crippen LogP contribution in [0.25, 0.3) is 0 Å². The van der Waals surface area contributed by atoms with Crippen LogP contribution in [0.15, 0.2) is 42.5 Å². The van der Waals surface area contributed by atoms with Crippen molar-refractivity contribution in [2.45, 2.75) is 45.1 Å². The minimum Gasteiger partial charge on any atom is -0.494 e. The minimum atomic E-state index is -0.258. The number of hydrogen-bond acceptors (Lipinski definition) is 2. The number of methoxy groups -OCH3 is 1. The summed E-state index contributed by atoms with van der Waals surface area (Å²) in [6.07, 6.45) is 3.16. The maximum absolute atomic E-state index is 14.3. The van der Waals surface area contributed by atoms with Gasteiger partial charge in [-0.1, -0.05) is 44.2 Å². The highest BCUT2D eigenvalue weighted by molar-refractivity contribution is 5.85. The first kappa shape index (κ1) is 20.7. The fourth-order valence-electron chi connectivity index (χ4n) is 4.20. The van der Waals surface area contributed by atoms with Crippen LogP contribution in [0, 0.1) is 5.82 Å². The molecule has 1 aliphatic rings. The van der Waals surface area contributed by atoms with Crippen molar-refractivity contribution in [3.05, 3.63) is 65.0 Å². The summed E-state index contributed by atoms with van der Waals surface area (Å²) in [5, 5.41) is 0. The zero-order valence-corrected chi connectivity index (χ0v) is 16.7. The second-order valence-corrected chi connectivity index (χ2v) is 6.88. The largest absolute Gasteiger partial charge is 0.494 e. The molecule has 0 N–H and O–H groups in total. The highest BCUT2D eigenvalue weighted by atomic mass is 35.5. The summed E-state index contributed by atoms with van der Waals surface area (Å²) in [4.78, 5) is 2.59. The molecule has 0 aliphatic heterocycles. The summed E-state index contributed by atoms with van der Waals surface area (Å²) >= 11 is 0. The van der Waals surface area contributed by atoms with Gasteiger partial charge in [-0.3, -0.25) is 4.90 Å². The minimum absolute atomic E-state index is 0. The van der Waals surface area contributed by atoms with E-state index in [0.717, 1.165) is 37.9 Å². The van der Waals surface area contributed by atoms with E-state index in [1.807, 2.05) is 6.07 Å². The zero-order chi connectivity index (χ0) is 17.8. The molecule has 26 heavy (non-hydrogen) atoms. The molecule has 142 valence electrons. The fourth-order valence-corrected chi connectivity index (χ4v) is 4.20. The van der Waals surface area contributed by atoms with Gasteiger partial charge < -0.3 is 4.74 Å². The van der Waals surface area contributed by atoms with Gasteiger partial charge >= 0.3 is 0 Å². The molecule has 0 saturated heterocycles. The van der Waals surface area contributed by atoms with Crippen LogP contribution in [0.3, 0.4) is 0 Å². The number of hydrogen-bond donors (Lipinski definition) is 0. The van der Waals surface area contributed by atoms with Crippen molar-refractivity contribution >= 4 is 12.4 Å². The Kier molecular flexibility index (Phi) is 7.48. The molecule has 0 heterocycles. The van der Waals surface area contributed by atoms with Gasteiger partial charge in [0.05, 0.1) is 7.11 Å². The lowest BCUT2D eigenvalue weighted by molar-refractivity contribution is 0.189. The van der Waals surface area contributed by atoms with Crippen molar-refractivity contribution in [1.82, 2.24) is 4.90 Å². The number of fused-ring (bicyclic) bond motifs is 1. The lowest BCUT2D eigenvalue weighted by Gasteiger charge is -2.33. The first-order chi connectivity index (χ1) is 12.2. The molecule has 0 fully saturated rings. The molecular weight excluding hydrogens is 349 g/mol. The standard InChI is InChI=1S/C22H28FNO.ClH/c1-4-11-24(12-5-2)20-14-17-13-19(23)21(25-3)15-18(17)22(20)16-9-7-6-8-10-16;/h6-10,13,15,20,22H,4-5,11-12,14H2,1-3H3;1H/t20-,22-;/m1./s1. The molecular formula is C22H29ClFNO. The highest BCUT2D eigenvalue weighted by Gasteiger charge is 2.37. The Hall–Kier alpha value is -1.58. The Labute approximate surface area is 162 Å². The highest BCUT2D eigenvalue weighted by Crippen LogP contribution is 2.43. The number of benzene rings is 2. The average molecular weight is 378 g/mol. The van der Waals surface area contributed by atoms with E-state index in [-0.39, 0.29) is 24.1 Å². The summed E-state index contributed by atoms with van der Waals surface area (Å²) in [5.41, 5.74) is 3.64. The molecule has 2 aromatic carbocycles. The normalized spacial score (nSPS) is 18.5. The molecule has 1 aliphatic carbocycles. The number of halogens is 2. The molecule has 0 aromatic heterocycles. The van der Waals surface area contributed by atoms with Crippen LogP contribution >= 0.6 is 12.4 Å². The number of rotatable bonds is 7. The van der Waals surface area contributed by atoms with Gasteiger partial charge in [-0.05, 0) is 61.2 Å². The van der Waals surface area contributed by atoms with Crippen molar-refractivity contribution < 1.29 is 9.13 Å². The predicted molar refractivity (Wildman–Crippen MR) is 108 cm³/mol. The maximum atomic E-state index is 14.3. The third kappa shape index (κ3) is 4.05. The fraction of sp³-hybridized carbons (Fsp3) is 0.455. The van der Waals surface area contributed by atoms with Crippen molar-refractivity contribution in [2.75, 3.05) is 20.2 Å². The SMILES string of the molecule is CCCN(CCC)[C@@H]1Cc2cc(F)c(OC)cc2[C@H]1c1ccccc1.Cl. The molecule has 2 atom stereocenters. The van der Waals surface area contributed by atoms with Gasteiger partial charge in [0.25, 0.3) is 0 Å². The first-order valence-corrected chi connectivity index (χ1v) is 9.34. The Bertz CT molecular complexity index is 701. The van der Waals surface area contributed by atoms with Crippen molar-refractivity contribution in [1.29, 1.82) is 0 Å². The monoisotopic (exact) mass is 377 g/mol. The van der Waals surface area contributed by atoms with Crippen molar-refractivity contribution in [2.24, 2.45) is 0 Å². The van der Waals surface area contributed by atoms with Gasteiger partial charge in [0.15, 0.2) is 11.6 Å². The molecule has 4 heteroatoms. The second-order valence-electron chi connectivity index (χ2n) is 6.88. The van der Waals surface area contributed by atoms with Crippen molar-refractivity contribution in [3.8, 4) is 5.75 Å². The molecule has 0 bridgehead atoms. The van der Waals surface area contributed by atoms with E-state index in [9.17, 15) is 4.39 Å². The third-order valence-corrected chi connectivity index (χ3v) is 5.21. The van der Waals surface area contributed by atoms with Crippen LogP contribution in [0.5, 0.6) is 5.75 Å². The summed E-state index contributed by atoms with van der Waals surface area (Å²) in [6.45, 7) is 6.61. The van der Waals surface area contributed by atoms with Crippen LogP contribution < -0.4 is 4.74 Å². The number of nitrogens with zero attached hydrogens (tertiary/aromatic N) is 1. The topological polar surface area (TPSA) is 12.5 Å². The van der Waals surface area contributed by atoms with Crippen LogP contribution in [0.4, 0.5) is 4.39 Å². The smallest absolute Gasteiger partial charge is 0.165 e. The lowest BCUT2D eigenvalue weighted by Crippen LogP contribution is -2.39. The Morgan fingerprint density at radius 1 is 1.08 bits per heavy atom. The molecule has 0 amide bonds. The molecule has 0 spiro atoms. The predicted octanol–water partition coefficient (Wildman–Crippen LogP) is 5.43. The average Bonchev–Trinajstić information content (AvgIpc) is 2.99. The van der Waals surface area contributed by atoms with Crippen LogP contribution in [0.2, 0.25) is 0 Å². The Morgan fingerprint density at radius 3 is 2.31 bits per heavy atom. The van der Waals surface area contributed by atoms with Gasteiger partial charge in [-0.25, -0.2) is 4.39 Å². The van der Waals surface area contributed by atoms with Crippen LogP contribution in [0.1, 0.15) is 49.3 Å². The molecule has 3 rings (SSSR count). The van der Waals surface area contributed by atoms with E-state index in [0.29, 0.717) is 11.8 Å². The van der Waals surface area contributed by atoms with Gasteiger partial charge in [-0.15, -0.1) is 12.4 Å². The summed E-state index contributed by atoms with van der Waals surface area (Å²) < 4.78 is 19.5. The molecule has 0 unspecified atom stereocenters. The van der Waals surface area contributed by atoms with Gasteiger partial charge in [0.2, 0.25) is 0 Å². The van der Waals surface area contributed by atoms with E-state index in [2.05, 4.69) is 49.1 Å². The van der Waals surface area contributed by atoms with E-state index in [1.165, 1.54) is 18.2 Å². The van der Waals surface area contributed by atoms with Gasteiger partial charge in [0.1, 0.15) is 0 Å². The van der Waals surface area contributed by atoms with E-state index < -0.39 is 0 Å². The molecule has 0 radical (unpaired) electrons. The first-order valence-electron chi connectivity index (χ1n) is 9.34. The second kappa shape index (κ2) is 9.38. The third-order valence-electron chi connectivity index (χ3n) is 5.21. The lowest BCUT2D eigenvalue weighted by atomic mass is 9.89. The van der Waals surface area contributed by atoms with Gasteiger partial charge in [-0.2, -0.15) is 0 Å². The Balaban J connectivity index is 0.00000243. The maximum Gasteiger partial charge on any atom is 0.165 e. The quantitative estimate of drug-likeness (QED) is 0.637. The van der Waals surface area contributed by atoms with E-state index >= 15 is 0 Å². The van der Waals surface area contributed by atoms with Crippen LogP contribution in [-0.2, 0) is 6.42 Å². The van der Waals surface area contributed by atoms with Crippen LogP contribution in [-0.4, -0.2) is 31.1 Å². The van der Waals surface area contributed by atoms with E-state index in [4.69, 9.17) is 4.74 Å². The Morgan fingerprint density at radius 2 is 1.73 bits per heavy atom. The van der Waals surface area contributed by atoms with Gasteiger partial charge in [0, 0.05) is 12.0 Å². The number of ether oxygens (including phenoxy) is 1. The zero-order valence-electron chi connectivity index (χ0n) is 15.9. The summed E-state index contributed by atoms with van der Waals surface area (Å²) in [5.74, 6) is 0.355. The van der Waals surface area contributed by atoms with Crippen molar-refractivity contribution in [3.63, 3.8) is 0 Å². The molecule has 0 saturated carbocycles. The van der Waals surface area contributed by atoms with E-state index in [1.54, 1.807) is 6.07 Å². The summed E-state index contributed by atoms with van der Waals surface area (Å²) in [7, 11) is 1.54. The summed E-state index contributed by atoms with van der Waals surface area (Å²) in [6, 6.07) is 14.6.